The maximum Gasteiger partial charge on any atom is 0.176 e. The molecular weight excluding hydrogens is 364 g/mol. The fourth-order valence-corrected chi connectivity index (χ4v) is 6.07. The molecule has 118 valence electrons. The minimum atomic E-state index is -0.0867. The second kappa shape index (κ2) is 5.52. The molecule has 5 rings (SSSR count). The molecule has 4 bridgehead atoms. The van der Waals surface area contributed by atoms with Crippen LogP contribution in [-0.2, 0) is 4.79 Å². The Kier molecular flexibility index (Phi) is 3.77. The smallest absolute Gasteiger partial charge is 0.176 e. The van der Waals surface area contributed by atoms with Gasteiger partial charge in [0.15, 0.2) is 5.78 Å². The molecule has 4 saturated carbocycles. The van der Waals surface area contributed by atoms with Gasteiger partial charge in [0.1, 0.15) is 12.4 Å². The summed E-state index contributed by atoms with van der Waals surface area (Å²) in [5.41, 5.74) is -0.0867. The van der Waals surface area contributed by atoms with Crippen molar-refractivity contribution in [3.63, 3.8) is 0 Å². The fourth-order valence-electron chi connectivity index (χ4n) is 5.34. The molecule has 2 nitrogen and oxygen atoms in total. The molecule has 4 fully saturated rings. The first-order valence-corrected chi connectivity index (χ1v) is 9.32. The number of ether oxygens (including phenoxy) is 1. The Labute approximate surface area is 144 Å². The SMILES string of the molecule is O=C(COc1ccc(Br)cc1Cl)C12CC3CC(CC(C3)C1)C2. The van der Waals surface area contributed by atoms with E-state index in [9.17, 15) is 4.79 Å². The van der Waals surface area contributed by atoms with E-state index >= 15 is 0 Å². The highest BCUT2D eigenvalue weighted by molar-refractivity contribution is 9.10. The van der Waals surface area contributed by atoms with Crippen molar-refractivity contribution in [2.75, 3.05) is 6.61 Å². The van der Waals surface area contributed by atoms with E-state index in [-0.39, 0.29) is 12.0 Å². The van der Waals surface area contributed by atoms with Crippen LogP contribution in [0.4, 0.5) is 0 Å². The van der Waals surface area contributed by atoms with E-state index in [4.69, 9.17) is 16.3 Å². The van der Waals surface area contributed by atoms with Gasteiger partial charge in [-0.2, -0.15) is 0 Å². The van der Waals surface area contributed by atoms with E-state index in [1.54, 1.807) is 6.07 Å². The van der Waals surface area contributed by atoms with Crippen molar-refractivity contribution in [3.05, 3.63) is 27.7 Å². The normalized spacial score (nSPS) is 35.6. The number of halogens is 2. The topological polar surface area (TPSA) is 26.3 Å². The number of hydrogen-bond acceptors (Lipinski definition) is 2. The lowest BCUT2D eigenvalue weighted by Gasteiger charge is -2.55. The summed E-state index contributed by atoms with van der Waals surface area (Å²) in [6.45, 7) is 0.160. The summed E-state index contributed by atoms with van der Waals surface area (Å²) in [4.78, 5) is 12.9. The molecule has 0 spiro atoms. The van der Waals surface area contributed by atoms with E-state index in [0.717, 1.165) is 41.5 Å². The van der Waals surface area contributed by atoms with Gasteiger partial charge in [0.05, 0.1) is 5.02 Å². The fraction of sp³-hybridized carbons (Fsp3) is 0.611. The van der Waals surface area contributed by atoms with Crippen LogP contribution >= 0.6 is 27.5 Å². The van der Waals surface area contributed by atoms with Crippen LogP contribution in [0.25, 0.3) is 0 Å². The van der Waals surface area contributed by atoms with Crippen molar-refractivity contribution >= 4 is 33.3 Å². The van der Waals surface area contributed by atoms with E-state index < -0.39 is 0 Å². The molecule has 0 saturated heterocycles. The number of Topliss-reactive ketones (excluding diaryl/α,β-unsaturated/α-hetero) is 1. The van der Waals surface area contributed by atoms with Crippen LogP contribution in [0.5, 0.6) is 5.75 Å². The number of carbonyl (C=O) groups excluding carboxylic acids is 1. The zero-order chi connectivity index (χ0) is 15.3. The van der Waals surface area contributed by atoms with E-state index in [1.165, 1.54) is 19.3 Å². The van der Waals surface area contributed by atoms with Gasteiger partial charge in [-0.1, -0.05) is 27.5 Å². The number of rotatable bonds is 4. The Hall–Kier alpha value is -0.540. The first kappa shape index (κ1) is 15.0. The average Bonchev–Trinajstić information content (AvgIpc) is 2.44. The molecule has 1 aromatic rings. The van der Waals surface area contributed by atoms with Crippen molar-refractivity contribution in [3.8, 4) is 5.75 Å². The lowest BCUT2D eigenvalue weighted by atomic mass is 9.48. The quantitative estimate of drug-likeness (QED) is 0.708. The minimum absolute atomic E-state index is 0.0867. The van der Waals surface area contributed by atoms with Crippen LogP contribution in [-0.4, -0.2) is 12.4 Å². The molecule has 0 unspecified atom stereocenters. The van der Waals surface area contributed by atoms with Crippen LogP contribution in [0.15, 0.2) is 22.7 Å². The van der Waals surface area contributed by atoms with E-state index in [2.05, 4.69) is 15.9 Å². The van der Waals surface area contributed by atoms with Crippen molar-refractivity contribution < 1.29 is 9.53 Å². The molecule has 4 aliphatic rings. The lowest BCUT2D eigenvalue weighted by Crippen LogP contribution is -2.51. The van der Waals surface area contributed by atoms with Gasteiger partial charge in [-0.15, -0.1) is 0 Å². The lowest BCUT2D eigenvalue weighted by molar-refractivity contribution is -0.145. The Morgan fingerprint density at radius 2 is 1.77 bits per heavy atom. The number of carbonyl (C=O) groups is 1. The third kappa shape index (κ3) is 2.60. The standard InChI is InChI=1S/C18H20BrClO2/c19-14-1-2-16(15(20)6-14)22-10-17(21)18-7-11-3-12(8-18)5-13(4-11)9-18/h1-2,6,11-13H,3-5,7-10H2. The van der Waals surface area contributed by atoms with Crippen molar-refractivity contribution in [2.45, 2.75) is 38.5 Å². The van der Waals surface area contributed by atoms with Gasteiger partial charge in [-0.25, -0.2) is 0 Å². The molecule has 0 atom stereocenters. The maximum absolute atomic E-state index is 12.9. The highest BCUT2D eigenvalue weighted by Gasteiger charge is 2.54. The van der Waals surface area contributed by atoms with Gasteiger partial charge in [0.25, 0.3) is 0 Å². The van der Waals surface area contributed by atoms with Crippen LogP contribution in [0.3, 0.4) is 0 Å². The van der Waals surface area contributed by atoms with Crippen LogP contribution in [0.1, 0.15) is 38.5 Å². The van der Waals surface area contributed by atoms with Crippen molar-refractivity contribution in [1.29, 1.82) is 0 Å². The van der Waals surface area contributed by atoms with Crippen LogP contribution < -0.4 is 4.74 Å². The van der Waals surface area contributed by atoms with E-state index in [1.807, 2.05) is 12.1 Å². The predicted molar refractivity (Wildman–Crippen MR) is 90.3 cm³/mol. The zero-order valence-electron chi connectivity index (χ0n) is 12.5. The molecule has 1 aromatic carbocycles. The number of benzene rings is 1. The second-order valence-corrected chi connectivity index (χ2v) is 8.81. The Bertz CT molecular complexity index is 578. The number of hydrogen-bond donors (Lipinski definition) is 0. The highest BCUT2D eigenvalue weighted by Crippen LogP contribution is 2.60. The molecular formula is C18H20BrClO2. The first-order valence-electron chi connectivity index (χ1n) is 8.15. The summed E-state index contributed by atoms with van der Waals surface area (Å²) in [6.07, 6.45) is 7.34. The molecule has 0 aromatic heterocycles. The summed E-state index contributed by atoms with van der Waals surface area (Å²) in [7, 11) is 0. The van der Waals surface area contributed by atoms with Gasteiger partial charge in [-0.05, 0) is 74.5 Å². The van der Waals surface area contributed by atoms with Gasteiger partial charge in [0.2, 0.25) is 0 Å². The van der Waals surface area contributed by atoms with Gasteiger partial charge in [-0.3, -0.25) is 4.79 Å². The zero-order valence-corrected chi connectivity index (χ0v) is 14.8. The molecule has 0 radical (unpaired) electrons. The van der Waals surface area contributed by atoms with Crippen molar-refractivity contribution in [1.82, 2.24) is 0 Å². The largest absolute Gasteiger partial charge is 0.484 e. The third-order valence-corrected chi connectivity index (χ3v) is 6.67. The van der Waals surface area contributed by atoms with Gasteiger partial charge in [0, 0.05) is 9.89 Å². The second-order valence-electron chi connectivity index (χ2n) is 7.48. The van der Waals surface area contributed by atoms with E-state index in [0.29, 0.717) is 16.6 Å². The molecule has 0 amide bonds. The highest BCUT2D eigenvalue weighted by atomic mass is 79.9. The van der Waals surface area contributed by atoms with Gasteiger partial charge < -0.3 is 4.74 Å². The summed E-state index contributed by atoms with van der Waals surface area (Å²) < 4.78 is 6.65. The molecule has 4 heteroatoms. The molecule has 4 aliphatic carbocycles. The van der Waals surface area contributed by atoms with Gasteiger partial charge >= 0.3 is 0 Å². The first-order chi connectivity index (χ1) is 10.5. The number of ketones is 1. The third-order valence-electron chi connectivity index (χ3n) is 5.88. The summed E-state index contributed by atoms with van der Waals surface area (Å²) in [5.74, 6) is 3.25. The Balaban J connectivity index is 1.46. The average molecular weight is 384 g/mol. The predicted octanol–water partition coefficient (Wildman–Crippen LogP) is 5.27. The Morgan fingerprint density at radius 3 is 2.32 bits per heavy atom. The summed E-state index contributed by atoms with van der Waals surface area (Å²) in [5, 5.41) is 0.549. The van der Waals surface area contributed by atoms with Crippen LogP contribution in [0.2, 0.25) is 5.02 Å². The Morgan fingerprint density at radius 1 is 1.18 bits per heavy atom. The molecule has 0 aliphatic heterocycles. The van der Waals surface area contributed by atoms with Crippen LogP contribution in [0, 0.1) is 23.2 Å². The maximum atomic E-state index is 12.9. The summed E-state index contributed by atoms with van der Waals surface area (Å²) in [6, 6.07) is 5.50. The molecule has 22 heavy (non-hydrogen) atoms. The summed E-state index contributed by atoms with van der Waals surface area (Å²) >= 11 is 9.54. The molecule has 0 heterocycles. The molecule has 0 N–H and O–H groups in total. The monoisotopic (exact) mass is 382 g/mol. The minimum Gasteiger partial charge on any atom is -0.484 e. The van der Waals surface area contributed by atoms with Crippen molar-refractivity contribution in [2.24, 2.45) is 23.2 Å².